The van der Waals surface area contributed by atoms with Crippen molar-refractivity contribution in [2.24, 2.45) is 11.8 Å². The van der Waals surface area contributed by atoms with Crippen LogP contribution in [0.2, 0.25) is 0 Å². The summed E-state index contributed by atoms with van der Waals surface area (Å²) in [6.45, 7) is 0. The Labute approximate surface area is 366 Å². The maximum absolute atomic E-state index is 15.5. The lowest BCUT2D eigenvalue weighted by Crippen LogP contribution is -2.51. The summed E-state index contributed by atoms with van der Waals surface area (Å²) in [5, 5.41) is 64.8. The van der Waals surface area contributed by atoms with E-state index in [2.05, 4.69) is 10.6 Å². The number of phenolic OH excluding ortho intramolecular Hbond substituents is 2. The van der Waals surface area contributed by atoms with E-state index in [4.69, 9.17) is 9.47 Å². The number of ether oxygens (including phenoxy) is 2. The Morgan fingerprint density at radius 3 is 1.94 bits per heavy atom. The van der Waals surface area contributed by atoms with Crippen molar-refractivity contribution < 1.29 is 49.0 Å². The van der Waals surface area contributed by atoms with E-state index >= 15 is 4.79 Å². The molecule has 4 aromatic rings. The van der Waals surface area contributed by atoms with Gasteiger partial charge >= 0.3 is 0 Å². The van der Waals surface area contributed by atoms with E-state index in [0.717, 1.165) is 6.08 Å². The van der Waals surface area contributed by atoms with Crippen molar-refractivity contribution in [3.63, 3.8) is 0 Å². The number of aromatic hydroxyl groups is 2. The summed E-state index contributed by atoms with van der Waals surface area (Å²) >= 11 is 3.01. The highest BCUT2D eigenvalue weighted by molar-refractivity contribution is 7.99. The predicted molar refractivity (Wildman–Crippen MR) is 230 cm³/mol. The van der Waals surface area contributed by atoms with Crippen molar-refractivity contribution in [2.75, 3.05) is 48.1 Å². The third kappa shape index (κ3) is 5.57. The van der Waals surface area contributed by atoms with Crippen LogP contribution < -0.4 is 20.1 Å². The number of ketones is 1. The van der Waals surface area contributed by atoms with Crippen molar-refractivity contribution in [3.05, 3.63) is 127 Å². The molecule has 324 valence electrons. The number of aliphatic hydroxyl groups is 1. The van der Waals surface area contributed by atoms with E-state index in [-0.39, 0.29) is 45.8 Å². The maximum atomic E-state index is 15.5. The first kappa shape index (κ1) is 40.7. The molecule has 6 heterocycles. The molecule has 5 N–H and O–H groups in total. The number of amides is 2. The molecule has 0 aromatic heterocycles. The second-order valence-corrected chi connectivity index (χ2v) is 18.3. The number of anilines is 2. The van der Waals surface area contributed by atoms with Crippen molar-refractivity contribution >= 4 is 63.9 Å². The van der Waals surface area contributed by atoms with Crippen LogP contribution in [-0.4, -0.2) is 102 Å². The number of phenols is 2. The van der Waals surface area contributed by atoms with Crippen LogP contribution in [0.5, 0.6) is 23.0 Å². The lowest BCUT2D eigenvalue weighted by Gasteiger charge is -2.37. The van der Waals surface area contributed by atoms with Crippen molar-refractivity contribution in [1.29, 1.82) is 0 Å². The monoisotopic (exact) mass is 894 g/mol. The largest absolute Gasteiger partial charge is 0.512 e. The van der Waals surface area contributed by atoms with Crippen LogP contribution in [0.4, 0.5) is 22.7 Å². The molecule has 6 aliphatic heterocycles. The highest BCUT2D eigenvalue weighted by atomic mass is 32.2. The van der Waals surface area contributed by atoms with Gasteiger partial charge < -0.3 is 35.4 Å². The van der Waals surface area contributed by atoms with E-state index in [1.165, 1.54) is 92.3 Å². The topological polar surface area (TPSA) is 247 Å². The first-order chi connectivity index (χ1) is 30.3. The Bertz CT molecular complexity index is 2740. The molecule has 4 saturated heterocycles. The van der Waals surface area contributed by atoms with Gasteiger partial charge in [0.1, 0.15) is 16.8 Å². The Morgan fingerprint density at radius 1 is 0.762 bits per heavy atom. The molecular formula is C43H38N6O12S2. The molecule has 0 bridgehead atoms. The molecule has 10 rings (SSSR count). The molecule has 8 unspecified atom stereocenters. The number of carbonyl (C=O) groups excluding carboxylic acids is 3. The van der Waals surface area contributed by atoms with Crippen molar-refractivity contribution in [1.82, 2.24) is 9.80 Å². The van der Waals surface area contributed by atoms with Crippen LogP contribution in [0.3, 0.4) is 0 Å². The van der Waals surface area contributed by atoms with Crippen LogP contribution in [0.1, 0.15) is 34.1 Å². The highest BCUT2D eigenvalue weighted by Crippen LogP contribution is 2.65. The minimum absolute atomic E-state index is 0.0586. The normalized spacial score (nSPS) is 29.3. The highest BCUT2D eigenvalue weighted by Gasteiger charge is 2.71. The summed E-state index contributed by atoms with van der Waals surface area (Å²) in [4.78, 5) is 72.1. The Balaban J connectivity index is 1.18. The van der Waals surface area contributed by atoms with Crippen LogP contribution in [-0.2, 0) is 25.5 Å². The fraction of sp³-hybridized carbons (Fsp3) is 0.326. The standard InChI is InChI=1S/C43H38N6O12S2/c1-60-34-10-4-20(11-31(34)51)36-28-16-62-18-46(28)43(25-14-23(49(58)59)6-8-27(25)45-41(43)55)39(36)33(53)15-32(52)37-29-17-63-19-47(29)42(38(37)21-3-9-30(50)35(12-21)61-2)24-13-22(48(56)57)5-7-26(24)44-40(42)54/h3-15,28-29,36-39,50-51,53H,16-19H2,1-2H3,(H,44,54)(H,45,55)/b33-15-. The van der Waals surface area contributed by atoms with Gasteiger partial charge in [0.2, 0.25) is 11.8 Å². The van der Waals surface area contributed by atoms with Gasteiger partial charge in [0, 0.05) is 106 Å². The number of nitro groups is 2. The minimum Gasteiger partial charge on any atom is -0.512 e. The fourth-order valence-electron chi connectivity index (χ4n) is 11.3. The van der Waals surface area contributed by atoms with E-state index in [0.29, 0.717) is 45.4 Å². The number of thioether (sulfide) groups is 2. The number of aliphatic hydroxyl groups excluding tert-OH is 1. The van der Waals surface area contributed by atoms with E-state index < -0.39 is 80.0 Å². The molecule has 2 spiro atoms. The zero-order valence-corrected chi connectivity index (χ0v) is 35.1. The molecule has 0 saturated carbocycles. The number of nitrogens with one attached hydrogen (secondary N) is 2. The summed E-state index contributed by atoms with van der Waals surface area (Å²) < 4.78 is 10.8. The molecule has 4 aromatic carbocycles. The van der Waals surface area contributed by atoms with Crippen molar-refractivity contribution in [2.45, 2.75) is 35.0 Å². The Morgan fingerprint density at radius 2 is 1.33 bits per heavy atom. The molecule has 8 atom stereocenters. The first-order valence-electron chi connectivity index (χ1n) is 19.8. The number of fused-ring (bicyclic) bond motifs is 8. The van der Waals surface area contributed by atoms with Gasteiger partial charge in [0.05, 0.1) is 30.0 Å². The average Bonchev–Trinajstić information content (AvgIpc) is 4.11. The van der Waals surface area contributed by atoms with E-state index in [9.17, 15) is 45.1 Å². The summed E-state index contributed by atoms with van der Waals surface area (Å²) in [5.41, 5.74) is -1.89. The second-order valence-electron chi connectivity index (χ2n) is 16.3. The molecule has 6 aliphatic rings. The summed E-state index contributed by atoms with van der Waals surface area (Å²) in [7, 11) is 2.76. The number of hydrogen-bond donors (Lipinski definition) is 5. The quantitative estimate of drug-likeness (QED) is 0.0601. The second kappa shape index (κ2) is 14.6. The van der Waals surface area contributed by atoms with Gasteiger partial charge in [-0.2, -0.15) is 0 Å². The number of nitro benzene ring substituents is 2. The molecule has 0 aliphatic carbocycles. The fourth-order valence-corrected chi connectivity index (χ4v) is 14.0. The Hall–Kier alpha value is -6.35. The molecule has 0 radical (unpaired) electrons. The molecule has 2 amide bonds. The summed E-state index contributed by atoms with van der Waals surface area (Å²) in [5.74, 6) is -5.14. The summed E-state index contributed by atoms with van der Waals surface area (Å²) in [6.07, 6.45) is 1.09. The number of benzene rings is 4. The van der Waals surface area contributed by atoms with Gasteiger partial charge in [-0.3, -0.25) is 44.4 Å². The maximum Gasteiger partial charge on any atom is 0.269 e. The number of nitrogens with zero attached hydrogens (tertiary/aromatic N) is 4. The van der Waals surface area contributed by atoms with E-state index in [1.807, 2.05) is 9.80 Å². The zero-order valence-electron chi connectivity index (χ0n) is 33.4. The molecular weight excluding hydrogens is 857 g/mol. The lowest BCUT2D eigenvalue weighted by molar-refractivity contribution is -0.385. The SMILES string of the molecule is COc1ccc(C2C3CSCN3C3(C(=O)Nc4ccc([N+](=O)[O-])cc43)C2/C(O)=C/C(=O)C2C3CSCN3C3(C(=O)Nc4ccc([N+](=O)[O-])cc43)C2c2ccc(O)c(OC)c2)cc1O. The number of methoxy groups -OCH3 is 2. The van der Waals surface area contributed by atoms with Crippen LogP contribution in [0, 0.1) is 32.1 Å². The predicted octanol–water partition coefficient (Wildman–Crippen LogP) is 5.51. The van der Waals surface area contributed by atoms with E-state index in [1.54, 1.807) is 18.2 Å². The van der Waals surface area contributed by atoms with Gasteiger partial charge in [-0.25, -0.2) is 0 Å². The van der Waals surface area contributed by atoms with Crippen LogP contribution in [0.25, 0.3) is 0 Å². The van der Waals surface area contributed by atoms with Gasteiger partial charge in [-0.15, -0.1) is 23.5 Å². The number of carbonyl (C=O) groups is 3. The van der Waals surface area contributed by atoms with Gasteiger partial charge in [0.25, 0.3) is 11.4 Å². The molecule has 20 heteroatoms. The Kier molecular flexibility index (Phi) is 9.44. The number of non-ortho nitro benzene ring substituents is 2. The van der Waals surface area contributed by atoms with Gasteiger partial charge in [-0.1, -0.05) is 12.1 Å². The molecule has 63 heavy (non-hydrogen) atoms. The molecule has 18 nitrogen and oxygen atoms in total. The minimum atomic E-state index is -1.77. The number of allylic oxidation sites excluding steroid dienone is 1. The van der Waals surface area contributed by atoms with Gasteiger partial charge in [-0.05, 0) is 47.5 Å². The third-order valence-corrected chi connectivity index (χ3v) is 15.8. The smallest absolute Gasteiger partial charge is 0.269 e. The number of rotatable bonds is 9. The van der Waals surface area contributed by atoms with Crippen LogP contribution >= 0.6 is 23.5 Å². The zero-order chi connectivity index (χ0) is 44.3. The lowest BCUT2D eigenvalue weighted by atomic mass is 9.69. The molecule has 4 fully saturated rings. The van der Waals surface area contributed by atoms with Gasteiger partial charge in [0.15, 0.2) is 28.8 Å². The first-order valence-corrected chi connectivity index (χ1v) is 22.2. The third-order valence-electron chi connectivity index (χ3n) is 13.7. The van der Waals surface area contributed by atoms with Crippen molar-refractivity contribution in [3.8, 4) is 23.0 Å². The average molecular weight is 895 g/mol. The number of hydrogen-bond acceptors (Lipinski definition) is 16. The summed E-state index contributed by atoms with van der Waals surface area (Å²) in [6, 6.07) is 16.3. The van der Waals surface area contributed by atoms with Crippen LogP contribution in [0.15, 0.2) is 84.6 Å².